The highest BCUT2D eigenvalue weighted by atomic mass is 16.1. The second-order valence-electron chi connectivity index (χ2n) is 5.10. The van der Waals surface area contributed by atoms with Crippen LogP contribution in [0.15, 0.2) is 0 Å². The van der Waals surface area contributed by atoms with Crippen LogP contribution >= 0.6 is 0 Å². The van der Waals surface area contributed by atoms with Crippen LogP contribution in [0, 0.1) is 5.92 Å². The van der Waals surface area contributed by atoms with Crippen LogP contribution in [0.3, 0.4) is 0 Å². The van der Waals surface area contributed by atoms with Gasteiger partial charge in [0.15, 0.2) is 0 Å². The number of rotatable bonds is 6. The fourth-order valence-corrected chi connectivity index (χ4v) is 1.83. The van der Waals surface area contributed by atoms with E-state index in [-0.39, 0.29) is 11.9 Å². The second kappa shape index (κ2) is 6.11. The third-order valence-corrected chi connectivity index (χ3v) is 2.76. The summed E-state index contributed by atoms with van der Waals surface area (Å²) in [5.74, 6) is 0.622. The first-order valence-electron chi connectivity index (χ1n) is 5.88. The Balaban J connectivity index is 4.06. The van der Waals surface area contributed by atoms with Crippen molar-refractivity contribution >= 4 is 5.91 Å². The molecule has 1 atom stereocenters. The summed E-state index contributed by atoms with van der Waals surface area (Å²) in [4.78, 5) is 11.6. The first-order valence-corrected chi connectivity index (χ1v) is 5.88. The Labute approximate surface area is 93.8 Å². The molecule has 0 saturated carbocycles. The van der Waals surface area contributed by atoms with E-state index in [9.17, 15) is 4.79 Å². The summed E-state index contributed by atoms with van der Waals surface area (Å²) in [7, 11) is 0. The van der Waals surface area contributed by atoms with E-state index >= 15 is 0 Å². The molecular weight excluding hydrogens is 188 g/mol. The van der Waals surface area contributed by atoms with Crippen LogP contribution in [0.4, 0.5) is 0 Å². The van der Waals surface area contributed by atoms with Gasteiger partial charge in [-0.1, -0.05) is 26.7 Å². The highest BCUT2D eigenvalue weighted by Crippen LogP contribution is 2.13. The highest BCUT2D eigenvalue weighted by Gasteiger charge is 2.20. The molecule has 15 heavy (non-hydrogen) atoms. The van der Waals surface area contributed by atoms with Gasteiger partial charge in [0.25, 0.3) is 0 Å². The number of nitrogens with two attached hydrogens (primary N) is 1. The molecule has 1 unspecified atom stereocenters. The molecular formula is C12H26N2O. The van der Waals surface area contributed by atoms with E-state index in [2.05, 4.69) is 26.1 Å². The van der Waals surface area contributed by atoms with Gasteiger partial charge in [0.2, 0.25) is 5.91 Å². The molecule has 0 saturated heterocycles. The van der Waals surface area contributed by atoms with E-state index in [0.29, 0.717) is 12.3 Å². The second-order valence-corrected chi connectivity index (χ2v) is 5.10. The average Bonchev–Trinajstić information content (AvgIpc) is 2.02. The summed E-state index contributed by atoms with van der Waals surface area (Å²) in [6.45, 7) is 10.1. The van der Waals surface area contributed by atoms with Crippen LogP contribution in [0.2, 0.25) is 0 Å². The molecule has 0 spiro atoms. The molecule has 0 bridgehead atoms. The van der Waals surface area contributed by atoms with Gasteiger partial charge < -0.3 is 11.1 Å². The first kappa shape index (κ1) is 14.4. The van der Waals surface area contributed by atoms with Crippen molar-refractivity contribution in [2.24, 2.45) is 11.7 Å². The van der Waals surface area contributed by atoms with Crippen LogP contribution < -0.4 is 11.1 Å². The zero-order chi connectivity index (χ0) is 12.1. The van der Waals surface area contributed by atoms with Gasteiger partial charge in [-0.15, -0.1) is 0 Å². The molecule has 1 amide bonds. The van der Waals surface area contributed by atoms with E-state index < -0.39 is 5.54 Å². The standard InChI is InChI=1S/C12H26N2O/c1-6-10(7-2)9(3)14-11(15)8-12(4,5)13/h9-10H,6-8,13H2,1-5H3,(H,14,15). The number of nitrogens with one attached hydrogen (secondary N) is 1. The normalized spacial score (nSPS) is 14.1. The molecule has 0 aliphatic rings. The van der Waals surface area contributed by atoms with Gasteiger partial charge in [0, 0.05) is 18.0 Å². The Morgan fingerprint density at radius 1 is 1.33 bits per heavy atom. The molecule has 0 radical (unpaired) electrons. The van der Waals surface area contributed by atoms with Gasteiger partial charge in [-0.2, -0.15) is 0 Å². The summed E-state index contributed by atoms with van der Waals surface area (Å²) in [5, 5.41) is 3.02. The molecule has 90 valence electrons. The minimum atomic E-state index is -0.419. The van der Waals surface area contributed by atoms with Crippen molar-refractivity contribution in [2.45, 2.75) is 65.5 Å². The monoisotopic (exact) mass is 214 g/mol. The third-order valence-electron chi connectivity index (χ3n) is 2.76. The van der Waals surface area contributed by atoms with Crippen molar-refractivity contribution in [2.75, 3.05) is 0 Å². The smallest absolute Gasteiger partial charge is 0.222 e. The number of carbonyl (C=O) groups is 1. The first-order chi connectivity index (χ1) is 6.80. The third kappa shape index (κ3) is 6.50. The summed E-state index contributed by atoms with van der Waals surface area (Å²) in [6, 6.07) is 0.245. The Morgan fingerprint density at radius 3 is 2.13 bits per heavy atom. The SMILES string of the molecule is CCC(CC)C(C)NC(=O)CC(C)(C)N. The molecule has 0 aliphatic carbocycles. The molecule has 3 N–H and O–H groups in total. The van der Waals surface area contributed by atoms with Crippen molar-refractivity contribution in [1.29, 1.82) is 0 Å². The van der Waals surface area contributed by atoms with E-state index in [4.69, 9.17) is 5.73 Å². The van der Waals surface area contributed by atoms with Gasteiger partial charge in [0.05, 0.1) is 0 Å². The van der Waals surface area contributed by atoms with E-state index in [0.717, 1.165) is 12.8 Å². The maximum atomic E-state index is 11.6. The van der Waals surface area contributed by atoms with Crippen LogP contribution in [0.5, 0.6) is 0 Å². The molecule has 0 rings (SSSR count). The van der Waals surface area contributed by atoms with Crippen LogP contribution in [-0.2, 0) is 4.79 Å². The summed E-state index contributed by atoms with van der Waals surface area (Å²) < 4.78 is 0. The molecule has 3 nitrogen and oxygen atoms in total. The molecule has 3 heteroatoms. The Hall–Kier alpha value is -0.570. The fraction of sp³-hybridized carbons (Fsp3) is 0.917. The molecule has 0 aromatic rings. The van der Waals surface area contributed by atoms with E-state index in [1.54, 1.807) is 0 Å². The van der Waals surface area contributed by atoms with Crippen molar-refractivity contribution in [3.63, 3.8) is 0 Å². The van der Waals surface area contributed by atoms with Crippen LogP contribution in [0.1, 0.15) is 53.9 Å². The van der Waals surface area contributed by atoms with Crippen molar-refractivity contribution in [3.05, 3.63) is 0 Å². The highest BCUT2D eigenvalue weighted by molar-refractivity contribution is 5.77. The molecule has 0 aromatic carbocycles. The summed E-state index contributed by atoms with van der Waals surface area (Å²) >= 11 is 0. The maximum absolute atomic E-state index is 11.6. The van der Waals surface area contributed by atoms with Crippen molar-refractivity contribution < 1.29 is 4.79 Å². The Morgan fingerprint density at radius 2 is 1.80 bits per heavy atom. The number of carbonyl (C=O) groups excluding carboxylic acids is 1. The lowest BCUT2D eigenvalue weighted by Gasteiger charge is -2.25. The largest absolute Gasteiger partial charge is 0.353 e. The van der Waals surface area contributed by atoms with Crippen LogP contribution in [0.25, 0.3) is 0 Å². The molecule has 0 aliphatic heterocycles. The lowest BCUT2D eigenvalue weighted by molar-refractivity contribution is -0.123. The molecule has 0 fully saturated rings. The summed E-state index contributed by atoms with van der Waals surface area (Å²) in [6.07, 6.45) is 2.59. The quantitative estimate of drug-likeness (QED) is 0.711. The van der Waals surface area contributed by atoms with E-state index in [1.165, 1.54) is 0 Å². The van der Waals surface area contributed by atoms with Crippen LogP contribution in [-0.4, -0.2) is 17.5 Å². The zero-order valence-electron chi connectivity index (χ0n) is 10.8. The van der Waals surface area contributed by atoms with Crippen molar-refractivity contribution in [1.82, 2.24) is 5.32 Å². The number of hydrogen-bond donors (Lipinski definition) is 2. The van der Waals surface area contributed by atoms with Gasteiger partial charge in [-0.3, -0.25) is 4.79 Å². The Kier molecular flexibility index (Phi) is 5.88. The lowest BCUT2D eigenvalue weighted by atomic mass is 9.94. The molecule has 0 aromatic heterocycles. The zero-order valence-corrected chi connectivity index (χ0v) is 10.8. The predicted octanol–water partition coefficient (Wildman–Crippen LogP) is 2.05. The van der Waals surface area contributed by atoms with Gasteiger partial charge in [0.1, 0.15) is 0 Å². The predicted molar refractivity (Wildman–Crippen MR) is 64.6 cm³/mol. The number of hydrogen-bond acceptors (Lipinski definition) is 2. The minimum Gasteiger partial charge on any atom is -0.353 e. The van der Waals surface area contributed by atoms with Crippen molar-refractivity contribution in [3.8, 4) is 0 Å². The average molecular weight is 214 g/mol. The molecule has 0 heterocycles. The number of amides is 1. The van der Waals surface area contributed by atoms with Gasteiger partial charge >= 0.3 is 0 Å². The lowest BCUT2D eigenvalue weighted by Crippen LogP contribution is -2.43. The van der Waals surface area contributed by atoms with Gasteiger partial charge in [-0.25, -0.2) is 0 Å². The van der Waals surface area contributed by atoms with Gasteiger partial charge in [-0.05, 0) is 26.7 Å². The fourth-order valence-electron chi connectivity index (χ4n) is 1.83. The summed E-state index contributed by atoms with van der Waals surface area (Å²) in [5.41, 5.74) is 5.37. The van der Waals surface area contributed by atoms with E-state index in [1.807, 2.05) is 13.8 Å². The topological polar surface area (TPSA) is 55.1 Å². The minimum absolute atomic E-state index is 0.0573. The Bertz CT molecular complexity index is 192. The maximum Gasteiger partial charge on any atom is 0.222 e.